The molecular weight excluding hydrogens is 268 g/mol. The quantitative estimate of drug-likeness (QED) is 0.775. The number of hydrogen-bond acceptors (Lipinski definition) is 4. The Bertz CT molecular complexity index is 683. The highest BCUT2D eigenvalue weighted by Gasteiger charge is 2.01. The molecule has 0 fully saturated rings. The van der Waals surface area contributed by atoms with E-state index in [0.717, 1.165) is 28.4 Å². The van der Waals surface area contributed by atoms with Gasteiger partial charge < -0.3 is 5.32 Å². The number of thiazole rings is 1. The van der Waals surface area contributed by atoms with Crippen LogP contribution in [0.15, 0.2) is 54.8 Å². The summed E-state index contributed by atoms with van der Waals surface area (Å²) in [6, 6.07) is 8.28. The Morgan fingerprint density at radius 1 is 1.30 bits per heavy atom. The lowest BCUT2D eigenvalue weighted by Crippen LogP contribution is -1.97. The zero-order valence-electron chi connectivity index (χ0n) is 10.9. The minimum Gasteiger partial charge on any atom is -0.381 e. The van der Waals surface area contributed by atoms with Crippen LogP contribution in [0.1, 0.15) is 5.56 Å². The van der Waals surface area contributed by atoms with Crippen molar-refractivity contribution < 1.29 is 0 Å². The van der Waals surface area contributed by atoms with Crippen molar-refractivity contribution in [2.24, 2.45) is 0 Å². The molecule has 20 heavy (non-hydrogen) atoms. The predicted octanol–water partition coefficient (Wildman–Crippen LogP) is 3.72. The molecule has 0 spiro atoms. The lowest BCUT2D eigenvalue weighted by atomic mass is 10.2. The zero-order valence-corrected chi connectivity index (χ0v) is 11.7. The van der Waals surface area contributed by atoms with Crippen molar-refractivity contribution in [3.05, 3.63) is 60.4 Å². The summed E-state index contributed by atoms with van der Waals surface area (Å²) in [6.07, 6.45) is 7.28. The molecule has 0 amide bonds. The maximum Gasteiger partial charge on any atom is 0.123 e. The Morgan fingerprint density at radius 3 is 2.80 bits per heavy atom. The van der Waals surface area contributed by atoms with E-state index in [9.17, 15) is 0 Å². The summed E-state index contributed by atoms with van der Waals surface area (Å²) in [6.45, 7) is 4.41. The first-order valence-electron chi connectivity index (χ1n) is 6.24. The van der Waals surface area contributed by atoms with Crippen LogP contribution in [-0.4, -0.2) is 14.8 Å². The molecular formula is C15H14N4S. The first-order chi connectivity index (χ1) is 9.85. The normalized spacial score (nSPS) is 10.4. The average Bonchev–Trinajstić information content (AvgIpc) is 3.17. The SMILES string of the molecule is C=Cn1cc(CNc2ccc(-c3nccs3)cc2)cn1. The van der Waals surface area contributed by atoms with Crippen LogP contribution >= 0.6 is 11.3 Å². The van der Waals surface area contributed by atoms with Crippen molar-refractivity contribution in [3.63, 3.8) is 0 Å². The molecule has 0 aliphatic rings. The van der Waals surface area contributed by atoms with Gasteiger partial charge in [-0.25, -0.2) is 9.67 Å². The van der Waals surface area contributed by atoms with Gasteiger partial charge in [0.15, 0.2) is 0 Å². The van der Waals surface area contributed by atoms with Gasteiger partial charge in [0.1, 0.15) is 5.01 Å². The van der Waals surface area contributed by atoms with E-state index in [1.54, 1.807) is 22.2 Å². The van der Waals surface area contributed by atoms with E-state index in [1.807, 2.05) is 24.0 Å². The van der Waals surface area contributed by atoms with Gasteiger partial charge in [-0.05, 0) is 24.3 Å². The molecule has 3 rings (SSSR count). The maximum absolute atomic E-state index is 4.30. The van der Waals surface area contributed by atoms with Crippen LogP contribution in [0.5, 0.6) is 0 Å². The molecule has 0 saturated carbocycles. The van der Waals surface area contributed by atoms with Crippen molar-refractivity contribution in [1.82, 2.24) is 14.8 Å². The van der Waals surface area contributed by atoms with Crippen molar-refractivity contribution in [2.45, 2.75) is 6.54 Å². The smallest absolute Gasteiger partial charge is 0.123 e. The largest absolute Gasteiger partial charge is 0.381 e. The number of rotatable bonds is 5. The summed E-state index contributed by atoms with van der Waals surface area (Å²) in [4.78, 5) is 4.30. The van der Waals surface area contributed by atoms with Gasteiger partial charge in [-0.15, -0.1) is 11.3 Å². The van der Waals surface area contributed by atoms with Crippen LogP contribution in [0.25, 0.3) is 16.8 Å². The van der Waals surface area contributed by atoms with E-state index in [0.29, 0.717) is 0 Å². The molecule has 5 heteroatoms. The number of hydrogen-bond donors (Lipinski definition) is 1. The van der Waals surface area contributed by atoms with Gasteiger partial charge in [-0.1, -0.05) is 6.58 Å². The second-order valence-electron chi connectivity index (χ2n) is 4.28. The number of aromatic nitrogens is 3. The van der Waals surface area contributed by atoms with E-state index >= 15 is 0 Å². The average molecular weight is 282 g/mol. The van der Waals surface area contributed by atoms with Gasteiger partial charge in [0, 0.05) is 47.3 Å². The van der Waals surface area contributed by atoms with E-state index in [4.69, 9.17) is 0 Å². The van der Waals surface area contributed by atoms with E-state index in [-0.39, 0.29) is 0 Å². The van der Waals surface area contributed by atoms with E-state index in [1.165, 1.54) is 0 Å². The van der Waals surface area contributed by atoms with Crippen molar-refractivity contribution in [3.8, 4) is 10.6 Å². The predicted molar refractivity (Wildman–Crippen MR) is 83.5 cm³/mol. The molecule has 1 N–H and O–H groups in total. The fourth-order valence-corrected chi connectivity index (χ4v) is 2.51. The summed E-state index contributed by atoms with van der Waals surface area (Å²) in [5, 5.41) is 10.5. The van der Waals surface area contributed by atoms with Crippen molar-refractivity contribution in [1.29, 1.82) is 0 Å². The molecule has 2 aromatic heterocycles. The second kappa shape index (κ2) is 5.71. The summed E-state index contributed by atoms with van der Waals surface area (Å²) < 4.78 is 1.70. The summed E-state index contributed by atoms with van der Waals surface area (Å²) in [5.74, 6) is 0. The second-order valence-corrected chi connectivity index (χ2v) is 5.17. The Hall–Kier alpha value is -2.40. The number of anilines is 1. The summed E-state index contributed by atoms with van der Waals surface area (Å²) in [5.41, 5.74) is 3.34. The molecule has 3 aromatic rings. The third-order valence-corrected chi connectivity index (χ3v) is 3.73. The first kappa shape index (κ1) is 12.6. The third kappa shape index (κ3) is 2.78. The molecule has 2 heterocycles. The van der Waals surface area contributed by atoms with Crippen LogP contribution in [0.4, 0.5) is 5.69 Å². The topological polar surface area (TPSA) is 42.7 Å². The number of nitrogens with zero attached hydrogens (tertiary/aromatic N) is 3. The molecule has 0 aliphatic heterocycles. The van der Waals surface area contributed by atoms with Crippen molar-refractivity contribution in [2.75, 3.05) is 5.32 Å². The van der Waals surface area contributed by atoms with E-state index < -0.39 is 0 Å². The minimum absolute atomic E-state index is 0.741. The maximum atomic E-state index is 4.30. The summed E-state index contributed by atoms with van der Waals surface area (Å²) >= 11 is 1.65. The van der Waals surface area contributed by atoms with Crippen LogP contribution in [0.2, 0.25) is 0 Å². The highest BCUT2D eigenvalue weighted by molar-refractivity contribution is 7.13. The molecule has 0 atom stereocenters. The van der Waals surface area contributed by atoms with Gasteiger partial charge in [0.2, 0.25) is 0 Å². The molecule has 0 aliphatic carbocycles. The number of nitrogens with one attached hydrogen (secondary N) is 1. The zero-order chi connectivity index (χ0) is 13.8. The summed E-state index contributed by atoms with van der Waals surface area (Å²) in [7, 11) is 0. The van der Waals surface area contributed by atoms with Crippen LogP contribution < -0.4 is 5.32 Å². The Kier molecular flexibility index (Phi) is 3.60. The molecule has 1 aromatic carbocycles. The molecule has 4 nitrogen and oxygen atoms in total. The minimum atomic E-state index is 0.741. The first-order valence-corrected chi connectivity index (χ1v) is 7.12. The van der Waals surface area contributed by atoms with Gasteiger partial charge in [0.25, 0.3) is 0 Å². The lowest BCUT2D eigenvalue weighted by Gasteiger charge is -2.05. The van der Waals surface area contributed by atoms with Crippen molar-refractivity contribution >= 4 is 23.2 Å². The fraction of sp³-hybridized carbons (Fsp3) is 0.0667. The Balaban J connectivity index is 1.65. The Morgan fingerprint density at radius 2 is 2.15 bits per heavy atom. The van der Waals surface area contributed by atoms with Crippen LogP contribution in [-0.2, 0) is 6.54 Å². The molecule has 100 valence electrons. The third-order valence-electron chi connectivity index (χ3n) is 2.90. The van der Waals surface area contributed by atoms with Crippen LogP contribution in [0.3, 0.4) is 0 Å². The van der Waals surface area contributed by atoms with Gasteiger partial charge in [0.05, 0.1) is 6.20 Å². The molecule has 0 bridgehead atoms. The lowest BCUT2D eigenvalue weighted by molar-refractivity contribution is 0.936. The van der Waals surface area contributed by atoms with Gasteiger partial charge in [-0.2, -0.15) is 5.10 Å². The van der Waals surface area contributed by atoms with E-state index in [2.05, 4.69) is 46.2 Å². The van der Waals surface area contributed by atoms with Gasteiger partial charge >= 0.3 is 0 Å². The monoisotopic (exact) mass is 282 g/mol. The van der Waals surface area contributed by atoms with Crippen LogP contribution in [0, 0.1) is 0 Å². The Labute approximate surface area is 121 Å². The molecule has 0 saturated heterocycles. The standard InChI is InChI=1S/C15H14N4S/c1-2-19-11-12(10-18-19)9-17-14-5-3-13(4-6-14)15-16-7-8-20-15/h2-8,10-11,17H,1,9H2. The van der Waals surface area contributed by atoms with Gasteiger partial charge in [-0.3, -0.25) is 0 Å². The highest BCUT2D eigenvalue weighted by Crippen LogP contribution is 2.23. The number of benzene rings is 1. The fourth-order valence-electron chi connectivity index (χ4n) is 1.87. The highest BCUT2D eigenvalue weighted by atomic mass is 32.1. The molecule has 0 radical (unpaired) electrons. The molecule has 0 unspecified atom stereocenters.